The van der Waals surface area contributed by atoms with E-state index >= 15 is 0 Å². The molecular formula is C27H31F2N3O2. The molecule has 1 saturated carbocycles. The van der Waals surface area contributed by atoms with Crippen molar-refractivity contribution >= 4 is 23.6 Å². The highest BCUT2D eigenvalue weighted by Gasteiger charge is 2.29. The van der Waals surface area contributed by atoms with E-state index in [0.29, 0.717) is 43.9 Å². The van der Waals surface area contributed by atoms with E-state index in [1.807, 2.05) is 4.90 Å². The number of anilines is 1. The third kappa shape index (κ3) is 5.89. The van der Waals surface area contributed by atoms with Gasteiger partial charge >= 0.3 is 0 Å². The van der Waals surface area contributed by atoms with Crippen molar-refractivity contribution in [2.24, 2.45) is 5.92 Å². The largest absolute Gasteiger partial charge is 0.340 e. The minimum atomic E-state index is -0.945. The van der Waals surface area contributed by atoms with Gasteiger partial charge in [0, 0.05) is 44.3 Å². The quantitative estimate of drug-likeness (QED) is 0.614. The van der Waals surface area contributed by atoms with Crippen molar-refractivity contribution in [2.75, 3.05) is 31.5 Å². The molecule has 1 aliphatic heterocycles. The molecule has 0 bridgehead atoms. The average Bonchev–Trinajstić information content (AvgIpc) is 3.38. The van der Waals surface area contributed by atoms with Crippen LogP contribution in [0.5, 0.6) is 0 Å². The molecule has 5 nitrogen and oxygen atoms in total. The Balaban J connectivity index is 1.38. The minimum Gasteiger partial charge on any atom is -0.340 e. The van der Waals surface area contributed by atoms with Gasteiger partial charge < -0.3 is 10.2 Å². The highest BCUT2D eigenvalue weighted by atomic mass is 19.1. The van der Waals surface area contributed by atoms with E-state index in [4.69, 9.17) is 0 Å². The second kappa shape index (κ2) is 10.9. The first-order chi connectivity index (χ1) is 16.4. The molecule has 0 unspecified atom stereocenters. The van der Waals surface area contributed by atoms with Crippen molar-refractivity contribution in [1.82, 2.24) is 9.80 Å². The molecule has 0 radical (unpaired) electrons. The Morgan fingerprint density at radius 1 is 1.06 bits per heavy atom. The molecule has 2 aliphatic rings. The summed E-state index contributed by atoms with van der Waals surface area (Å²) in [5.41, 5.74) is 2.26. The molecule has 1 N–H and O–H groups in total. The summed E-state index contributed by atoms with van der Waals surface area (Å²) in [5, 5.41) is 2.51. The lowest BCUT2D eigenvalue weighted by molar-refractivity contribution is -0.137. The van der Waals surface area contributed by atoms with Crippen LogP contribution in [0.2, 0.25) is 0 Å². The fourth-order valence-corrected chi connectivity index (χ4v) is 4.77. The van der Waals surface area contributed by atoms with Crippen molar-refractivity contribution < 1.29 is 18.4 Å². The second-order valence-electron chi connectivity index (χ2n) is 9.18. The Labute approximate surface area is 199 Å². The van der Waals surface area contributed by atoms with Crippen molar-refractivity contribution in [2.45, 2.75) is 39.2 Å². The fraction of sp³-hybridized carbons (Fsp3) is 0.407. The molecule has 2 aromatic carbocycles. The number of nitrogens with zero attached hydrogens (tertiary/aromatic N) is 2. The summed E-state index contributed by atoms with van der Waals surface area (Å²) in [7, 11) is 0. The third-order valence-electron chi connectivity index (χ3n) is 6.82. The first kappa shape index (κ1) is 24.1. The van der Waals surface area contributed by atoms with E-state index in [-0.39, 0.29) is 17.5 Å². The number of hydrogen-bond acceptors (Lipinski definition) is 3. The van der Waals surface area contributed by atoms with Crippen LogP contribution < -0.4 is 5.32 Å². The zero-order chi connectivity index (χ0) is 24.1. The number of hydrogen-bond donors (Lipinski definition) is 1. The Morgan fingerprint density at radius 2 is 1.74 bits per heavy atom. The lowest BCUT2D eigenvalue weighted by Gasteiger charge is -2.36. The monoisotopic (exact) mass is 467 g/mol. The maximum atomic E-state index is 14.4. The summed E-state index contributed by atoms with van der Waals surface area (Å²) >= 11 is 0. The van der Waals surface area contributed by atoms with Crippen molar-refractivity contribution in [3.05, 3.63) is 70.8 Å². The second-order valence-corrected chi connectivity index (χ2v) is 9.18. The summed E-state index contributed by atoms with van der Waals surface area (Å²) < 4.78 is 28.8. The Kier molecular flexibility index (Phi) is 7.73. The summed E-state index contributed by atoms with van der Waals surface area (Å²) in [6, 6.07) is 11.4. The van der Waals surface area contributed by atoms with Crippen LogP contribution in [-0.4, -0.2) is 47.8 Å². The van der Waals surface area contributed by atoms with Gasteiger partial charge in [0.25, 0.3) is 5.91 Å². The summed E-state index contributed by atoms with van der Waals surface area (Å²) in [6.45, 7) is 5.06. The van der Waals surface area contributed by atoms with Gasteiger partial charge in [-0.2, -0.15) is 0 Å². The van der Waals surface area contributed by atoms with E-state index < -0.39 is 17.6 Å². The molecule has 2 fully saturated rings. The van der Waals surface area contributed by atoms with Crippen molar-refractivity contribution in [3.63, 3.8) is 0 Å². The average molecular weight is 468 g/mol. The van der Waals surface area contributed by atoms with E-state index in [2.05, 4.69) is 10.2 Å². The van der Waals surface area contributed by atoms with Gasteiger partial charge in [0.2, 0.25) is 5.91 Å². The molecule has 0 spiro atoms. The number of nitrogens with one attached hydrogen (secondary N) is 1. The molecule has 34 heavy (non-hydrogen) atoms. The summed E-state index contributed by atoms with van der Waals surface area (Å²) in [4.78, 5) is 29.2. The summed E-state index contributed by atoms with van der Waals surface area (Å²) in [6.07, 6.45) is 5.42. The molecule has 4 rings (SSSR count). The molecule has 180 valence electrons. The van der Waals surface area contributed by atoms with Gasteiger partial charge in [-0.1, -0.05) is 43.2 Å². The number of amides is 2. The molecule has 0 atom stereocenters. The summed E-state index contributed by atoms with van der Waals surface area (Å²) in [5.74, 6) is -1.89. The van der Waals surface area contributed by atoms with Crippen LogP contribution in [-0.2, 0) is 16.1 Å². The highest BCUT2D eigenvalue weighted by molar-refractivity contribution is 6.05. The van der Waals surface area contributed by atoms with Crippen LogP contribution in [0.15, 0.2) is 48.3 Å². The molecule has 1 saturated heterocycles. The van der Waals surface area contributed by atoms with Crippen LogP contribution >= 0.6 is 0 Å². The minimum absolute atomic E-state index is 0.180. The highest BCUT2D eigenvalue weighted by Crippen LogP contribution is 2.28. The maximum Gasteiger partial charge on any atom is 0.284 e. The lowest BCUT2D eigenvalue weighted by atomic mass is 10.0. The van der Waals surface area contributed by atoms with Gasteiger partial charge in [-0.05, 0) is 54.7 Å². The van der Waals surface area contributed by atoms with Crippen molar-refractivity contribution in [3.8, 4) is 0 Å². The van der Waals surface area contributed by atoms with E-state index in [1.54, 1.807) is 37.3 Å². The van der Waals surface area contributed by atoms with Crippen LogP contribution in [0.25, 0.3) is 6.08 Å². The predicted molar refractivity (Wildman–Crippen MR) is 129 cm³/mol. The van der Waals surface area contributed by atoms with E-state index in [9.17, 15) is 18.4 Å². The Morgan fingerprint density at radius 3 is 2.41 bits per heavy atom. The third-order valence-corrected chi connectivity index (χ3v) is 6.82. The Hall–Kier alpha value is -3.06. The number of benzene rings is 2. The van der Waals surface area contributed by atoms with Crippen LogP contribution in [0.3, 0.4) is 0 Å². The zero-order valence-electron chi connectivity index (χ0n) is 19.5. The number of piperazine rings is 1. The van der Waals surface area contributed by atoms with Gasteiger partial charge in [-0.15, -0.1) is 0 Å². The molecule has 0 aromatic heterocycles. The normalized spacial score (nSPS) is 17.7. The molecule has 7 heteroatoms. The lowest BCUT2D eigenvalue weighted by Crippen LogP contribution is -2.49. The number of carbonyl (C=O) groups is 2. The van der Waals surface area contributed by atoms with Crippen LogP contribution in [0.1, 0.15) is 42.4 Å². The number of carbonyl (C=O) groups excluding carboxylic acids is 2. The van der Waals surface area contributed by atoms with Crippen LogP contribution in [0, 0.1) is 18.7 Å². The molecule has 2 amide bonds. The molecule has 1 heterocycles. The number of rotatable bonds is 6. The predicted octanol–water partition coefficient (Wildman–Crippen LogP) is 4.92. The van der Waals surface area contributed by atoms with E-state index in [1.165, 1.54) is 12.1 Å². The van der Waals surface area contributed by atoms with Gasteiger partial charge in [0.15, 0.2) is 5.83 Å². The van der Waals surface area contributed by atoms with Gasteiger partial charge in [-0.25, -0.2) is 8.78 Å². The topological polar surface area (TPSA) is 52.6 Å². The molecule has 1 aliphatic carbocycles. The van der Waals surface area contributed by atoms with Gasteiger partial charge in [0.1, 0.15) is 5.82 Å². The Bertz CT molecular complexity index is 1060. The maximum absolute atomic E-state index is 14.4. The standard InChI is InChI=1S/C27H31F2N3O2/c1-19-22(18-31-11-13-32(14-12-31)27(34)21-9-5-6-10-21)16-23(28)17-25(19)30-26(33)24(29)15-20-7-3-2-4-8-20/h2-4,7-8,15-17,21H,5-6,9-14,18H2,1H3,(H,30,33)/b24-15-. The molecular weight excluding hydrogens is 436 g/mol. The first-order valence-electron chi connectivity index (χ1n) is 11.9. The molecule has 2 aromatic rings. The SMILES string of the molecule is Cc1c(CN2CCN(C(=O)C3CCCC3)CC2)cc(F)cc1NC(=O)/C(F)=C/c1ccccc1. The smallest absolute Gasteiger partial charge is 0.284 e. The van der Waals surface area contributed by atoms with Crippen LogP contribution in [0.4, 0.5) is 14.5 Å². The van der Waals surface area contributed by atoms with Gasteiger partial charge in [0.05, 0.1) is 0 Å². The fourth-order valence-electron chi connectivity index (χ4n) is 4.77. The van der Waals surface area contributed by atoms with Crippen molar-refractivity contribution in [1.29, 1.82) is 0 Å². The number of halogens is 2. The first-order valence-corrected chi connectivity index (χ1v) is 11.9. The van der Waals surface area contributed by atoms with E-state index in [0.717, 1.165) is 37.3 Å². The van der Waals surface area contributed by atoms with Gasteiger partial charge in [-0.3, -0.25) is 14.5 Å². The zero-order valence-corrected chi connectivity index (χ0v) is 19.5.